The molecule has 2 aromatic carbocycles. The first-order valence-corrected chi connectivity index (χ1v) is 7.42. The first kappa shape index (κ1) is 17.2. The molecule has 0 atom stereocenters. The van der Waals surface area contributed by atoms with E-state index in [1.165, 1.54) is 6.21 Å². The fourth-order valence-corrected chi connectivity index (χ4v) is 2.15. The van der Waals surface area contributed by atoms with Crippen LogP contribution in [0.25, 0.3) is 0 Å². The zero-order valence-corrected chi connectivity index (χ0v) is 13.5. The number of phenolic OH excluding ortho intramolecular Hbond substituents is 1. The number of hydrogen-bond donors (Lipinski definition) is 3. The second-order valence-corrected chi connectivity index (χ2v) is 5.39. The van der Waals surface area contributed by atoms with Gasteiger partial charge in [-0.05, 0) is 54.8 Å². The predicted octanol–water partition coefficient (Wildman–Crippen LogP) is 2.49. The molecule has 24 heavy (non-hydrogen) atoms. The highest BCUT2D eigenvalue weighted by molar-refractivity contribution is 6.03. The zero-order chi connectivity index (χ0) is 17.5. The van der Waals surface area contributed by atoms with Gasteiger partial charge < -0.3 is 10.4 Å². The number of hydrazone groups is 1. The number of carbonyl (C=O) groups excluding carboxylic acids is 2. The molecule has 6 nitrogen and oxygen atoms in total. The predicted molar refractivity (Wildman–Crippen MR) is 93.0 cm³/mol. The van der Waals surface area contributed by atoms with Crippen LogP contribution in [0.1, 0.15) is 23.1 Å². The van der Waals surface area contributed by atoms with Crippen LogP contribution in [0.3, 0.4) is 0 Å². The molecule has 124 valence electrons. The number of amides is 2. The van der Waals surface area contributed by atoms with Crippen molar-refractivity contribution in [2.45, 2.75) is 20.3 Å². The molecule has 2 amide bonds. The molecule has 0 fully saturated rings. The van der Waals surface area contributed by atoms with Gasteiger partial charge in [-0.2, -0.15) is 5.10 Å². The Kier molecular flexibility index (Phi) is 5.68. The van der Waals surface area contributed by atoms with Crippen molar-refractivity contribution in [3.8, 4) is 5.75 Å². The summed E-state index contributed by atoms with van der Waals surface area (Å²) in [6, 6.07) is 12.4. The van der Waals surface area contributed by atoms with Crippen molar-refractivity contribution >= 4 is 23.7 Å². The van der Waals surface area contributed by atoms with E-state index >= 15 is 0 Å². The van der Waals surface area contributed by atoms with Crippen LogP contribution in [0.2, 0.25) is 0 Å². The van der Waals surface area contributed by atoms with Crippen LogP contribution in [-0.4, -0.2) is 23.1 Å². The minimum atomic E-state index is -0.507. The fourth-order valence-electron chi connectivity index (χ4n) is 2.15. The number of aryl methyl sites for hydroxylation is 2. The Morgan fingerprint density at radius 1 is 1.08 bits per heavy atom. The lowest BCUT2D eigenvalue weighted by Gasteiger charge is -2.05. The summed E-state index contributed by atoms with van der Waals surface area (Å²) in [6.07, 6.45) is 1.15. The topological polar surface area (TPSA) is 90.8 Å². The van der Waals surface area contributed by atoms with Crippen LogP contribution in [0, 0.1) is 13.8 Å². The molecule has 0 saturated heterocycles. The first-order valence-electron chi connectivity index (χ1n) is 7.42. The Bertz CT molecular complexity index is 747. The van der Waals surface area contributed by atoms with Gasteiger partial charge in [-0.1, -0.05) is 18.2 Å². The highest BCUT2D eigenvalue weighted by atomic mass is 16.3. The van der Waals surface area contributed by atoms with Crippen molar-refractivity contribution < 1.29 is 14.7 Å². The number of carbonyl (C=O) groups is 2. The van der Waals surface area contributed by atoms with Crippen molar-refractivity contribution in [3.05, 3.63) is 59.2 Å². The van der Waals surface area contributed by atoms with Crippen molar-refractivity contribution in [1.29, 1.82) is 0 Å². The number of anilines is 1. The smallest absolute Gasteiger partial charge is 0.249 e. The largest absolute Gasteiger partial charge is 0.507 e. The summed E-state index contributed by atoms with van der Waals surface area (Å²) in [5.41, 5.74) is 5.14. The number of nitrogens with zero attached hydrogens (tertiary/aromatic N) is 1. The lowest BCUT2D eigenvalue weighted by molar-refractivity contribution is -0.126. The second kappa shape index (κ2) is 7.92. The van der Waals surface area contributed by atoms with Gasteiger partial charge in [0.25, 0.3) is 0 Å². The van der Waals surface area contributed by atoms with Gasteiger partial charge in [0.1, 0.15) is 12.2 Å². The molecular weight excluding hydrogens is 306 g/mol. The number of benzene rings is 2. The lowest BCUT2D eigenvalue weighted by atomic mass is 10.1. The molecule has 0 aliphatic heterocycles. The van der Waals surface area contributed by atoms with Gasteiger partial charge in [0.15, 0.2) is 0 Å². The van der Waals surface area contributed by atoms with Crippen LogP contribution in [-0.2, 0) is 9.59 Å². The van der Waals surface area contributed by atoms with E-state index in [0.717, 1.165) is 16.7 Å². The second-order valence-electron chi connectivity index (χ2n) is 5.39. The van der Waals surface area contributed by atoms with Crippen LogP contribution in [0.4, 0.5) is 5.69 Å². The van der Waals surface area contributed by atoms with E-state index in [2.05, 4.69) is 15.8 Å². The van der Waals surface area contributed by atoms with Gasteiger partial charge in [0.05, 0.1) is 6.21 Å². The number of rotatable bonds is 5. The van der Waals surface area contributed by atoms with Crippen molar-refractivity contribution in [2.24, 2.45) is 5.10 Å². The van der Waals surface area contributed by atoms with E-state index in [9.17, 15) is 14.7 Å². The molecule has 2 rings (SSSR count). The quantitative estimate of drug-likeness (QED) is 0.448. The van der Waals surface area contributed by atoms with Gasteiger partial charge in [0, 0.05) is 5.69 Å². The van der Waals surface area contributed by atoms with Crippen LogP contribution in [0.5, 0.6) is 5.75 Å². The fraction of sp³-hybridized carbons (Fsp3) is 0.167. The highest BCUT2D eigenvalue weighted by Crippen LogP contribution is 2.21. The summed E-state index contributed by atoms with van der Waals surface area (Å²) >= 11 is 0. The first-order chi connectivity index (χ1) is 11.5. The van der Waals surface area contributed by atoms with Gasteiger partial charge in [-0.15, -0.1) is 0 Å². The maximum absolute atomic E-state index is 11.7. The Morgan fingerprint density at radius 3 is 2.33 bits per heavy atom. The normalized spacial score (nSPS) is 10.6. The standard InChI is InChI=1S/C18H19N3O3/c1-12-8-14(9-13(2)18(12)24)11-19-21-17(23)10-16(22)20-15-6-4-3-5-7-15/h3-9,11,24H,10H2,1-2H3,(H,20,22)(H,21,23). The van der Waals surface area contributed by atoms with E-state index in [4.69, 9.17) is 0 Å². The Balaban J connectivity index is 1.85. The molecule has 6 heteroatoms. The van der Waals surface area contributed by atoms with Gasteiger partial charge in [0.2, 0.25) is 11.8 Å². The molecule has 0 unspecified atom stereocenters. The molecular formula is C18H19N3O3. The molecule has 0 aliphatic rings. The monoisotopic (exact) mass is 325 g/mol. The third-order valence-corrected chi connectivity index (χ3v) is 3.29. The van der Waals surface area contributed by atoms with E-state index < -0.39 is 11.8 Å². The molecule has 3 N–H and O–H groups in total. The minimum absolute atomic E-state index is 0.244. The summed E-state index contributed by atoms with van der Waals surface area (Å²) in [6.45, 7) is 3.57. The summed E-state index contributed by atoms with van der Waals surface area (Å²) in [5, 5.41) is 16.2. The number of aromatic hydroxyl groups is 1. The Labute approximate surface area is 140 Å². The molecule has 0 radical (unpaired) electrons. The van der Waals surface area contributed by atoms with E-state index in [1.807, 2.05) is 6.07 Å². The third-order valence-electron chi connectivity index (χ3n) is 3.29. The van der Waals surface area contributed by atoms with Crippen LogP contribution in [0.15, 0.2) is 47.6 Å². The highest BCUT2D eigenvalue weighted by Gasteiger charge is 2.08. The molecule has 0 bridgehead atoms. The number of nitrogens with one attached hydrogen (secondary N) is 2. The molecule has 0 aromatic heterocycles. The number of hydrogen-bond acceptors (Lipinski definition) is 4. The van der Waals surface area contributed by atoms with Gasteiger partial charge >= 0.3 is 0 Å². The zero-order valence-electron chi connectivity index (χ0n) is 13.5. The minimum Gasteiger partial charge on any atom is -0.507 e. The summed E-state index contributed by atoms with van der Waals surface area (Å²) in [5.74, 6) is -0.675. The average molecular weight is 325 g/mol. The van der Waals surface area contributed by atoms with Gasteiger partial charge in [-0.25, -0.2) is 5.43 Å². The summed E-state index contributed by atoms with van der Waals surface area (Å²) < 4.78 is 0. The van der Waals surface area contributed by atoms with Crippen LogP contribution >= 0.6 is 0 Å². The van der Waals surface area contributed by atoms with E-state index in [1.54, 1.807) is 50.2 Å². The number of para-hydroxylation sites is 1. The average Bonchev–Trinajstić information content (AvgIpc) is 2.53. The lowest BCUT2D eigenvalue weighted by Crippen LogP contribution is -2.24. The SMILES string of the molecule is Cc1cc(C=NNC(=O)CC(=O)Nc2ccccc2)cc(C)c1O. The third kappa shape index (κ3) is 4.95. The van der Waals surface area contributed by atoms with Crippen molar-refractivity contribution in [3.63, 3.8) is 0 Å². The maximum atomic E-state index is 11.7. The summed E-state index contributed by atoms with van der Waals surface area (Å²) in [7, 11) is 0. The van der Waals surface area contributed by atoms with E-state index in [-0.39, 0.29) is 12.2 Å². The number of phenols is 1. The summed E-state index contributed by atoms with van der Waals surface area (Å²) in [4.78, 5) is 23.4. The van der Waals surface area contributed by atoms with Crippen LogP contribution < -0.4 is 10.7 Å². The van der Waals surface area contributed by atoms with Crippen molar-refractivity contribution in [1.82, 2.24) is 5.43 Å². The molecule has 0 heterocycles. The molecule has 0 spiro atoms. The maximum Gasteiger partial charge on any atom is 0.249 e. The van der Waals surface area contributed by atoms with Gasteiger partial charge in [-0.3, -0.25) is 9.59 Å². The Morgan fingerprint density at radius 2 is 1.71 bits per heavy atom. The molecule has 2 aromatic rings. The van der Waals surface area contributed by atoms with E-state index in [0.29, 0.717) is 5.69 Å². The molecule has 0 aliphatic carbocycles. The van der Waals surface area contributed by atoms with Crippen molar-refractivity contribution in [2.75, 3.05) is 5.32 Å². The Hall–Kier alpha value is -3.15. The molecule has 0 saturated carbocycles.